The molecule has 3 heteroatoms. The Morgan fingerprint density at radius 2 is 1.24 bits per heavy atom. The Hall–Kier alpha value is -1.58. The molecule has 2 nitrogen and oxygen atoms in total. The summed E-state index contributed by atoms with van der Waals surface area (Å²) >= 11 is 0. The van der Waals surface area contributed by atoms with Crippen LogP contribution < -0.4 is 5.46 Å². The summed E-state index contributed by atoms with van der Waals surface area (Å²) in [6.45, 7) is 8.55. The summed E-state index contributed by atoms with van der Waals surface area (Å²) in [4.78, 5) is 0. The summed E-state index contributed by atoms with van der Waals surface area (Å²) < 4.78 is 12.8. The van der Waals surface area contributed by atoms with Gasteiger partial charge in [0.15, 0.2) is 0 Å². The van der Waals surface area contributed by atoms with Gasteiger partial charge in [0.25, 0.3) is 0 Å². The normalized spacial score (nSPS) is 33.2. The molecule has 0 N–H and O–H groups in total. The highest BCUT2D eigenvalue weighted by molar-refractivity contribution is 6.62. The van der Waals surface area contributed by atoms with Crippen LogP contribution in [0.2, 0.25) is 0 Å². The first-order valence-electron chi connectivity index (χ1n) is 11.4. The van der Waals surface area contributed by atoms with Gasteiger partial charge in [-0.15, -0.1) is 0 Å². The van der Waals surface area contributed by atoms with Crippen LogP contribution in [-0.4, -0.2) is 18.3 Å². The van der Waals surface area contributed by atoms with E-state index in [-0.39, 0.29) is 18.3 Å². The van der Waals surface area contributed by atoms with Gasteiger partial charge in [-0.3, -0.25) is 0 Å². The Morgan fingerprint density at radius 1 is 0.690 bits per heavy atom. The molecule has 4 aliphatic rings. The highest BCUT2D eigenvalue weighted by Gasteiger charge is 2.62. The maximum absolute atomic E-state index is 6.41. The van der Waals surface area contributed by atoms with E-state index >= 15 is 0 Å². The molecule has 2 saturated carbocycles. The van der Waals surface area contributed by atoms with Gasteiger partial charge in [-0.05, 0) is 81.1 Å². The van der Waals surface area contributed by atoms with Crippen LogP contribution in [0.25, 0.3) is 11.1 Å². The van der Waals surface area contributed by atoms with Crippen molar-refractivity contribution in [3.8, 4) is 11.1 Å². The Kier molecular flexibility index (Phi) is 3.49. The molecule has 0 spiro atoms. The predicted molar refractivity (Wildman–Crippen MR) is 119 cm³/mol. The van der Waals surface area contributed by atoms with Gasteiger partial charge < -0.3 is 9.31 Å². The van der Waals surface area contributed by atoms with E-state index in [1.165, 1.54) is 55.1 Å². The van der Waals surface area contributed by atoms with Crippen LogP contribution in [0.5, 0.6) is 0 Å². The lowest BCUT2D eigenvalue weighted by Gasteiger charge is -2.48. The Morgan fingerprint density at radius 3 is 1.90 bits per heavy atom. The van der Waals surface area contributed by atoms with E-state index < -0.39 is 0 Å². The predicted octanol–water partition coefficient (Wildman–Crippen LogP) is 5.51. The lowest BCUT2D eigenvalue weighted by atomic mass is 9.55. The second-order valence-corrected chi connectivity index (χ2v) is 10.8. The second-order valence-electron chi connectivity index (χ2n) is 10.8. The molecular weight excluding hydrogens is 355 g/mol. The van der Waals surface area contributed by atoms with Crippen molar-refractivity contribution in [3.05, 3.63) is 53.6 Å². The van der Waals surface area contributed by atoms with E-state index in [0.29, 0.717) is 10.8 Å². The smallest absolute Gasteiger partial charge is 0.399 e. The van der Waals surface area contributed by atoms with Crippen LogP contribution in [0.3, 0.4) is 0 Å². The summed E-state index contributed by atoms with van der Waals surface area (Å²) in [5.41, 5.74) is 7.31. The zero-order valence-electron chi connectivity index (χ0n) is 18.2. The first-order chi connectivity index (χ1) is 13.8. The van der Waals surface area contributed by atoms with Crippen molar-refractivity contribution in [3.63, 3.8) is 0 Å². The molecule has 3 aliphatic carbocycles. The minimum absolute atomic E-state index is 0.281. The van der Waals surface area contributed by atoms with Gasteiger partial charge in [0, 0.05) is 10.8 Å². The van der Waals surface area contributed by atoms with Gasteiger partial charge in [-0.2, -0.15) is 0 Å². The number of hydrogen-bond donors (Lipinski definition) is 0. The van der Waals surface area contributed by atoms with Crippen LogP contribution in [0.4, 0.5) is 0 Å². The van der Waals surface area contributed by atoms with E-state index in [1.807, 2.05) is 0 Å². The van der Waals surface area contributed by atoms with Crippen molar-refractivity contribution < 1.29 is 9.31 Å². The van der Waals surface area contributed by atoms with E-state index in [9.17, 15) is 0 Å². The van der Waals surface area contributed by atoms with Crippen molar-refractivity contribution in [2.45, 2.75) is 88.3 Å². The Labute approximate surface area is 175 Å². The highest BCUT2D eigenvalue weighted by atomic mass is 16.7. The first-order valence-corrected chi connectivity index (χ1v) is 11.4. The van der Waals surface area contributed by atoms with Crippen LogP contribution >= 0.6 is 0 Å². The third kappa shape index (κ3) is 2.11. The zero-order valence-corrected chi connectivity index (χ0v) is 18.2. The molecule has 2 aromatic rings. The SMILES string of the molecule is CC1(C)OB(c2ccc3c(c2)[C@]24CCC[C@]2(CCC4)c2ccccc2-3)OC1(C)C. The van der Waals surface area contributed by atoms with E-state index in [0.717, 1.165) is 0 Å². The molecule has 6 rings (SSSR count). The third-order valence-electron chi connectivity index (χ3n) is 9.15. The van der Waals surface area contributed by atoms with Crippen LogP contribution in [0.15, 0.2) is 42.5 Å². The summed E-state index contributed by atoms with van der Waals surface area (Å²) in [6, 6.07) is 16.3. The summed E-state index contributed by atoms with van der Waals surface area (Å²) in [5.74, 6) is 0. The molecule has 29 heavy (non-hydrogen) atoms. The Balaban J connectivity index is 1.54. The fourth-order valence-corrected chi connectivity index (χ4v) is 7.10. The fourth-order valence-electron chi connectivity index (χ4n) is 7.10. The summed E-state index contributed by atoms with van der Waals surface area (Å²) in [6.07, 6.45) is 8.00. The van der Waals surface area contributed by atoms with E-state index in [2.05, 4.69) is 70.2 Å². The maximum atomic E-state index is 6.41. The quantitative estimate of drug-likeness (QED) is 0.602. The molecule has 1 saturated heterocycles. The molecule has 0 aromatic heterocycles. The average Bonchev–Trinajstić information content (AvgIpc) is 3.30. The van der Waals surface area contributed by atoms with Gasteiger partial charge in [-0.25, -0.2) is 0 Å². The molecule has 0 bridgehead atoms. The molecule has 0 radical (unpaired) electrons. The molecule has 0 unspecified atom stereocenters. The largest absolute Gasteiger partial charge is 0.494 e. The summed E-state index contributed by atoms with van der Waals surface area (Å²) in [7, 11) is -0.281. The van der Waals surface area contributed by atoms with Crippen molar-refractivity contribution in [2.75, 3.05) is 0 Å². The van der Waals surface area contributed by atoms with Crippen molar-refractivity contribution >= 4 is 12.6 Å². The molecule has 3 fully saturated rings. The maximum Gasteiger partial charge on any atom is 0.494 e. The van der Waals surface area contributed by atoms with E-state index in [4.69, 9.17) is 9.31 Å². The van der Waals surface area contributed by atoms with Crippen LogP contribution in [0, 0.1) is 0 Å². The lowest BCUT2D eigenvalue weighted by Crippen LogP contribution is -2.45. The standard InChI is InChI=1S/C26H31BO2/c1-23(2)24(3,4)29-27(28-23)18-11-12-20-19-9-5-6-10-21(19)25-13-7-15-26(25,16-8-14-25)22(20)17-18/h5-6,9-12,17H,7-8,13-16H2,1-4H3/t25-,26+. The molecule has 1 heterocycles. The minimum atomic E-state index is -0.303. The van der Waals surface area contributed by atoms with Crippen molar-refractivity contribution in [1.29, 1.82) is 0 Å². The van der Waals surface area contributed by atoms with Crippen LogP contribution in [0.1, 0.15) is 77.3 Å². The Bertz CT molecular complexity index is 980. The summed E-state index contributed by atoms with van der Waals surface area (Å²) in [5, 5.41) is 0. The molecule has 0 amide bonds. The third-order valence-corrected chi connectivity index (χ3v) is 9.15. The molecule has 1 aliphatic heterocycles. The average molecular weight is 386 g/mol. The second kappa shape index (κ2) is 5.56. The van der Waals surface area contributed by atoms with E-state index in [1.54, 1.807) is 11.1 Å². The van der Waals surface area contributed by atoms with Crippen molar-refractivity contribution in [1.82, 2.24) is 0 Å². The monoisotopic (exact) mass is 386 g/mol. The number of hydrogen-bond acceptors (Lipinski definition) is 2. The molecular formula is C26H31BO2. The van der Waals surface area contributed by atoms with Gasteiger partial charge >= 0.3 is 7.12 Å². The van der Waals surface area contributed by atoms with Gasteiger partial charge in [0.1, 0.15) is 0 Å². The first kappa shape index (κ1) is 18.2. The number of fused-ring (bicyclic) bond motifs is 3. The van der Waals surface area contributed by atoms with Crippen LogP contribution in [-0.2, 0) is 20.1 Å². The molecule has 150 valence electrons. The fraction of sp³-hybridized carbons (Fsp3) is 0.538. The topological polar surface area (TPSA) is 18.5 Å². The number of benzene rings is 2. The lowest BCUT2D eigenvalue weighted by molar-refractivity contribution is 0.00578. The van der Waals surface area contributed by atoms with Gasteiger partial charge in [-0.1, -0.05) is 55.3 Å². The van der Waals surface area contributed by atoms with Gasteiger partial charge in [0.2, 0.25) is 0 Å². The number of rotatable bonds is 1. The molecule has 2 aromatic carbocycles. The zero-order chi connectivity index (χ0) is 20.1. The van der Waals surface area contributed by atoms with Gasteiger partial charge in [0.05, 0.1) is 11.2 Å². The van der Waals surface area contributed by atoms with Crippen molar-refractivity contribution in [2.24, 2.45) is 0 Å². The minimum Gasteiger partial charge on any atom is -0.399 e. The molecule has 0 atom stereocenters. The highest BCUT2D eigenvalue weighted by Crippen LogP contribution is 2.69.